The van der Waals surface area contributed by atoms with E-state index in [9.17, 15) is 24.1 Å². The number of esters is 2. The van der Waals surface area contributed by atoms with Gasteiger partial charge in [-0.2, -0.15) is 4.98 Å². The molecule has 0 aliphatic rings. The Bertz CT molecular complexity index is 1130. The fourth-order valence-corrected chi connectivity index (χ4v) is 3.51. The average Bonchev–Trinajstić information content (AvgIpc) is 3.16. The first kappa shape index (κ1) is 28.4. The van der Waals surface area contributed by atoms with Gasteiger partial charge in [0.1, 0.15) is 0 Å². The van der Waals surface area contributed by atoms with Gasteiger partial charge >= 0.3 is 19.8 Å². The minimum Gasteiger partial charge on any atom is -0.438 e. The van der Waals surface area contributed by atoms with E-state index in [1.165, 1.54) is 6.33 Å². The first-order chi connectivity index (χ1) is 16.3. The number of aliphatic hydroxyl groups excluding tert-OH is 1. The van der Waals surface area contributed by atoms with Crippen LogP contribution in [-0.2, 0) is 43.7 Å². The Hall–Kier alpha value is -2.84. The number of ether oxygens (including phenoxy) is 2. The van der Waals surface area contributed by atoms with E-state index in [1.54, 1.807) is 25.3 Å². The predicted molar refractivity (Wildman–Crippen MR) is 121 cm³/mol. The molecule has 0 amide bonds. The topological polar surface area (TPSA) is 207 Å². The molecule has 0 aliphatic heterocycles. The second-order valence-corrected chi connectivity index (χ2v) is 10.1. The van der Waals surface area contributed by atoms with Crippen LogP contribution in [0.2, 0.25) is 0 Å². The van der Waals surface area contributed by atoms with Gasteiger partial charge in [0.05, 0.1) is 18.3 Å². The number of H-pyrrole nitrogens is 1. The number of fused-ring (bicyclic) bond motifs is 1. The SMILES string of the molecule is CC(=O)OCOP(=O)(OCOC(=O)C(C)(C)C)OC[C@@H](CO)CCn1cnc2c(=O)[nH]c(N)nc21. The minimum atomic E-state index is -4.35. The Morgan fingerprint density at radius 1 is 1.23 bits per heavy atom. The van der Waals surface area contributed by atoms with Crippen LogP contribution in [0.3, 0.4) is 0 Å². The molecule has 0 saturated carbocycles. The van der Waals surface area contributed by atoms with Crippen LogP contribution in [0.4, 0.5) is 5.95 Å². The van der Waals surface area contributed by atoms with Gasteiger partial charge in [-0.15, -0.1) is 0 Å². The fourth-order valence-electron chi connectivity index (χ4n) is 2.53. The molecule has 0 saturated heterocycles. The van der Waals surface area contributed by atoms with Gasteiger partial charge < -0.3 is 24.9 Å². The number of hydrogen-bond acceptors (Lipinski definition) is 13. The number of hydrogen-bond donors (Lipinski definition) is 3. The zero-order valence-corrected chi connectivity index (χ0v) is 20.8. The summed E-state index contributed by atoms with van der Waals surface area (Å²) < 4.78 is 39.3. The first-order valence-electron chi connectivity index (χ1n) is 10.5. The van der Waals surface area contributed by atoms with Crippen LogP contribution < -0.4 is 11.3 Å². The maximum Gasteiger partial charge on any atom is 0.480 e. The molecule has 196 valence electrons. The number of phosphoric acid groups is 1. The first-order valence-corrected chi connectivity index (χ1v) is 12.0. The van der Waals surface area contributed by atoms with E-state index in [4.69, 9.17) is 24.0 Å². The van der Waals surface area contributed by atoms with E-state index in [1.807, 2.05) is 0 Å². The smallest absolute Gasteiger partial charge is 0.438 e. The average molecular weight is 519 g/mol. The van der Waals surface area contributed by atoms with Gasteiger partial charge in [-0.25, -0.2) is 18.6 Å². The van der Waals surface area contributed by atoms with Crippen molar-refractivity contribution in [1.29, 1.82) is 0 Å². The number of rotatable bonds is 13. The minimum absolute atomic E-state index is 0.0681. The van der Waals surface area contributed by atoms with Gasteiger partial charge in [0.15, 0.2) is 11.2 Å². The molecule has 2 atom stereocenters. The number of nitrogens with zero attached hydrogens (tertiary/aromatic N) is 3. The Labute approximate surface area is 200 Å². The number of phosphoric ester groups is 1. The van der Waals surface area contributed by atoms with Crippen molar-refractivity contribution in [2.24, 2.45) is 11.3 Å². The van der Waals surface area contributed by atoms with Crippen LogP contribution in [0, 0.1) is 11.3 Å². The fraction of sp³-hybridized carbons (Fsp3) is 0.632. The molecule has 2 aromatic heterocycles. The summed E-state index contributed by atoms with van der Waals surface area (Å²) in [5.41, 5.74) is 4.65. The van der Waals surface area contributed by atoms with Crippen molar-refractivity contribution < 1.29 is 42.3 Å². The molecule has 16 heteroatoms. The van der Waals surface area contributed by atoms with E-state index < -0.39 is 50.2 Å². The number of nitrogens with one attached hydrogen (secondary N) is 1. The van der Waals surface area contributed by atoms with Gasteiger partial charge in [0.25, 0.3) is 5.56 Å². The molecule has 4 N–H and O–H groups in total. The number of aromatic nitrogens is 4. The Balaban J connectivity index is 2.00. The van der Waals surface area contributed by atoms with Crippen molar-refractivity contribution in [3.63, 3.8) is 0 Å². The zero-order chi connectivity index (χ0) is 26.2. The number of carbonyl (C=O) groups is 2. The van der Waals surface area contributed by atoms with Crippen molar-refractivity contribution in [1.82, 2.24) is 19.5 Å². The lowest BCUT2D eigenvalue weighted by atomic mass is 9.98. The van der Waals surface area contributed by atoms with E-state index in [-0.39, 0.29) is 36.9 Å². The molecule has 0 radical (unpaired) electrons. The highest BCUT2D eigenvalue weighted by Gasteiger charge is 2.31. The molecule has 2 rings (SSSR count). The van der Waals surface area contributed by atoms with Gasteiger partial charge in [0.2, 0.25) is 19.5 Å². The summed E-state index contributed by atoms with van der Waals surface area (Å²) in [7, 11) is -4.35. The van der Waals surface area contributed by atoms with E-state index in [0.717, 1.165) is 6.92 Å². The molecule has 2 heterocycles. The highest BCUT2D eigenvalue weighted by atomic mass is 31.2. The molecule has 0 spiro atoms. The third-order valence-corrected chi connectivity index (χ3v) is 5.79. The number of aromatic amines is 1. The normalized spacial score (nSPS) is 14.4. The number of imidazole rings is 1. The lowest BCUT2D eigenvalue weighted by Gasteiger charge is -2.22. The van der Waals surface area contributed by atoms with Crippen LogP contribution in [-0.4, -0.2) is 63.4 Å². The molecule has 0 aromatic carbocycles. The standard InChI is InChI=1S/C19H30N5O10P/c1-12(26)30-10-33-35(29,34-11-31-17(28)19(2,3)4)32-8-13(7-25)5-6-24-9-21-14-15(24)22-18(20)23-16(14)27/h9,13,25H,5-8,10-11H2,1-4H3,(H3,20,22,23,27)/t13-,35?/m1/s1. The highest BCUT2D eigenvalue weighted by molar-refractivity contribution is 7.48. The van der Waals surface area contributed by atoms with E-state index in [0.29, 0.717) is 6.42 Å². The number of nitrogens with two attached hydrogens (primary N) is 1. The largest absolute Gasteiger partial charge is 0.480 e. The number of aryl methyl sites for hydroxylation is 1. The third kappa shape index (κ3) is 8.71. The molecule has 2 aromatic rings. The molecule has 15 nitrogen and oxygen atoms in total. The van der Waals surface area contributed by atoms with Gasteiger partial charge in [-0.1, -0.05) is 0 Å². The summed E-state index contributed by atoms with van der Waals surface area (Å²) in [5, 5.41) is 9.73. The molecule has 0 aliphatic carbocycles. The van der Waals surface area contributed by atoms with Crippen LogP contribution in [0.15, 0.2) is 11.1 Å². The zero-order valence-electron chi connectivity index (χ0n) is 19.9. The summed E-state index contributed by atoms with van der Waals surface area (Å²) in [6.45, 7) is 4.15. The predicted octanol–water partition coefficient (Wildman–Crippen LogP) is 0.926. The number of nitrogen functional groups attached to an aromatic ring is 1. The van der Waals surface area contributed by atoms with Crippen molar-refractivity contribution in [2.45, 2.75) is 40.7 Å². The Morgan fingerprint density at radius 2 is 1.89 bits per heavy atom. The lowest BCUT2D eigenvalue weighted by molar-refractivity contribution is -0.161. The summed E-state index contributed by atoms with van der Waals surface area (Å²) in [6.07, 6.45) is 1.70. The van der Waals surface area contributed by atoms with Gasteiger partial charge in [-0.3, -0.25) is 23.9 Å². The van der Waals surface area contributed by atoms with Crippen LogP contribution >= 0.6 is 7.82 Å². The van der Waals surface area contributed by atoms with Crippen LogP contribution in [0.1, 0.15) is 34.1 Å². The van der Waals surface area contributed by atoms with Crippen molar-refractivity contribution >= 4 is 36.9 Å². The van der Waals surface area contributed by atoms with Gasteiger partial charge in [0, 0.05) is 26.0 Å². The quantitative estimate of drug-likeness (QED) is 0.191. The third-order valence-electron chi connectivity index (χ3n) is 4.48. The molecular formula is C19H30N5O10P. The Morgan fingerprint density at radius 3 is 2.49 bits per heavy atom. The summed E-state index contributed by atoms with van der Waals surface area (Å²) in [6, 6.07) is 0. The molecular weight excluding hydrogens is 489 g/mol. The number of carbonyl (C=O) groups excluding carboxylic acids is 2. The maximum absolute atomic E-state index is 12.9. The second-order valence-electron chi connectivity index (χ2n) is 8.45. The van der Waals surface area contributed by atoms with Crippen LogP contribution in [0.5, 0.6) is 0 Å². The summed E-state index contributed by atoms with van der Waals surface area (Å²) in [5.74, 6) is -1.93. The van der Waals surface area contributed by atoms with Crippen molar-refractivity contribution in [2.75, 3.05) is 32.5 Å². The molecule has 0 fully saturated rings. The Kier molecular flexibility index (Phi) is 9.92. The van der Waals surface area contributed by atoms with Crippen molar-refractivity contribution in [3.8, 4) is 0 Å². The molecule has 35 heavy (non-hydrogen) atoms. The maximum atomic E-state index is 12.9. The van der Waals surface area contributed by atoms with Crippen LogP contribution in [0.25, 0.3) is 11.2 Å². The van der Waals surface area contributed by atoms with Gasteiger partial charge in [-0.05, 0) is 27.2 Å². The number of aliphatic hydroxyl groups is 1. The molecule has 1 unspecified atom stereocenters. The van der Waals surface area contributed by atoms with E-state index in [2.05, 4.69) is 19.7 Å². The van der Waals surface area contributed by atoms with Crippen molar-refractivity contribution in [3.05, 3.63) is 16.7 Å². The lowest BCUT2D eigenvalue weighted by Crippen LogP contribution is -2.24. The number of anilines is 1. The summed E-state index contributed by atoms with van der Waals surface area (Å²) in [4.78, 5) is 45.2. The van der Waals surface area contributed by atoms with E-state index >= 15 is 0 Å². The monoisotopic (exact) mass is 519 g/mol. The second kappa shape index (κ2) is 12.2. The summed E-state index contributed by atoms with van der Waals surface area (Å²) >= 11 is 0. The molecule has 0 bridgehead atoms. The highest BCUT2D eigenvalue weighted by Crippen LogP contribution is 2.50.